The Hall–Kier alpha value is -4.18. The molecule has 34 heavy (non-hydrogen) atoms. The highest BCUT2D eigenvalue weighted by atomic mass is 19.1. The predicted octanol–water partition coefficient (Wildman–Crippen LogP) is 2.50. The Labute approximate surface area is 195 Å². The lowest BCUT2D eigenvalue weighted by Gasteiger charge is -2.31. The van der Waals surface area contributed by atoms with Gasteiger partial charge < -0.3 is 10.1 Å². The first-order valence-corrected chi connectivity index (χ1v) is 10.6. The van der Waals surface area contributed by atoms with Gasteiger partial charge in [-0.05, 0) is 48.0 Å². The summed E-state index contributed by atoms with van der Waals surface area (Å²) < 4.78 is 20.7. The van der Waals surface area contributed by atoms with E-state index in [0.717, 1.165) is 0 Å². The molecule has 1 atom stereocenters. The topological polar surface area (TPSA) is 102 Å². The Balaban J connectivity index is 1.76. The number of anilines is 1. The van der Waals surface area contributed by atoms with Crippen molar-refractivity contribution in [2.75, 3.05) is 25.2 Å². The van der Waals surface area contributed by atoms with Crippen molar-refractivity contribution in [2.45, 2.75) is 12.6 Å². The number of nitrogens with one attached hydrogen (secondary N) is 1. The molecule has 0 aliphatic heterocycles. The van der Waals surface area contributed by atoms with Crippen molar-refractivity contribution in [3.63, 3.8) is 0 Å². The summed E-state index contributed by atoms with van der Waals surface area (Å²) in [6.45, 7) is 0.341. The summed E-state index contributed by atoms with van der Waals surface area (Å²) in [6, 6.07) is 15.0. The summed E-state index contributed by atoms with van der Waals surface area (Å²) in [5.41, 5.74) is 2.06. The number of ether oxygens (including phenoxy) is 1. The van der Waals surface area contributed by atoms with Crippen LogP contribution >= 0.6 is 0 Å². The number of para-hydroxylation sites is 1. The van der Waals surface area contributed by atoms with Gasteiger partial charge in [0.15, 0.2) is 0 Å². The van der Waals surface area contributed by atoms with Crippen LogP contribution in [0.1, 0.15) is 11.6 Å². The third-order valence-electron chi connectivity index (χ3n) is 5.19. The Morgan fingerprint density at radius 3 is 2.68 bits per heavy atom. The Morgan fingerprint density at radius 1 is 1.12 bits per heavy atom. The smallest absolute Gasteiger partial charge is 0.249 e. The van der Waals surface area contributed by atoms with Crippen molar-refractivity contribution in [3.8, 4) is 0 Å². The molecule has 0 bridgehead atoms. The molecule has 0 saturated heterocycles. The van der Waals surface area contributed by atoms with Crippen molar-refractivity contribution in [1.29, 1.82) is 0 Å². The summed E-state index contributed by atoms with van der Waals surface area (Å²) in [5, 5.41) is 11.0. The normalized spacial score (nSPS) is 11.8. The van der Waals surface area contributed by atoms with E-state index in [0.29, 0.717) is 23.2 Å². The van der Waals surface area contributed by atoms with Crippen LogP contribution in [0.15, 0.2) is 73.1 Å². The van der Waals surface area contributed by atoms with Gasteiger partial charge in [0.2, 0.25) is 11.8 Å². The highest BCUT2D eigenvalue weighted by Crippen LogP contribution is 2.29. The Kier molecular flexibility index (Phi) is 7.19. The van der Waals surface area contributed by atoms with Gasteiger partial charge in [-0.15, -0.1) is 5.10 Å². The third kappa shape index (κ3) is 5.07. The van der Waals surface area contributed by atoms with Gasteiger partial charge in [0.25, 0.3) is 0 Å². The second-order valence-corrected chi connectivity index (χ2v) is 7.45. The van der Waals surface area contributed by atoms with E-state index in [1.54, 1.807) is 30.3 Å². The Morgan fingerprint density at radius 2 is 1.91 bits per heavy atom. The Bertz CT molecular complexity index is 1280. The number of hydrogen-bond acceptors (Lipinski definition) is 6. The van der Waals surface area contributed by atoms with Crippen LogP contribution in [0.25, 0.3) is 11.0 Å². The minimum atomic E-state index is -1.08. The maximum atomic E-state index is 14.2. The summed E-state index contributed by atoms with van der Waals surface area (Å²) in [6.07, 6.45) is 3.06. The zero-order valence-electron chi connectivity index (χ0n) is 18.5. The number of fused-ring (bicyclic) bond motifs is 1. The molecule has 174 valence electrons. The molecule has 10 heteroatoms. The highest BCUT2D eigenvalue weighted by molar-refractivity contribution is 6.01. The van der Waals surface area contributed by atoms with E-state index >= 15 is 0 Å². The number of carbonyl (C=O) groups is 2. The number of methoxy groups -OCH3 is 1. The van der Waals surface area contributed by atoms with E-state index in [9.17, 15) is 14.0 Å². The maximum Gasteiger partial charge on any atom is 0.249 e. The van der Waals surface area contributed by atoms with Gasteiger partial charge >= 0.3 is 0 Å². The fraction of sp³-hybridized carbons (Fsp3) is 0.208. The van der Waals surface area contributed by atoms with Crippen molar-refractivity contribution in [3.05, 3.63) is 84.4 Å². The number of halogens is 1. The van der Waals surface area contributed by atoms with E-state index in [1.807, 2.05) is 12.1 Å². The first-order valence-electron chi connectivity index (χ1n) is 10.6. The molecular weight excluding hydrogens is 439 g/mol. The molecule has 0 aliphatic rings. The van der Waals surface area contributed by atoms with Crippen LogP contribution in [0.3, 0.4) is 0 Å². The molecule has 9 nitrogen and oxygen atoms in total. The van der Waals surface area contributed by atoms with Gasteiger partial charge in [0.05, 0.1) is 12.1 Å². The number of carbonyl (C=O) groups excluding carboxylic acids is 2. The largest absolute Gasteiger partial charge is 0.383 e. The van der Waals surface area contributed by atoms with Gasteiger partial charge in [0.1, 0.15) is 23.9 Å². The standard InChI is InChI=1S/C24H23FN6O3/c1-34-14-13-27-24(33)23(17-9-11-26-12-10-17)31(19-6-4-5-18(25)15-19)22(32)16-30-21-8-3-2-7-20(21)28-29-30/h2-12,15,23H,13-14,16H2,1H3,(H,27,33)/t23-/m0/s1. The molecule has 0 unspecified atom stereocenters. The molecule has 4 aromatic rings. The van der Waals surface area contributed by atoms with Crippen LogP contribution in [0.5, 0.6) is 0 Å². The van der Waals surface area contributed by atoms with Crippen LogP contribution in [0.2, 0.25) is 0 Å². The summed E-state index contributed by atoms with van der Waals surface area (Å²) >= 11 is 0. The number of amides is 2. The average molecular weight is 462 g/mol. The molecule has 2 amide bonds. The van der Waals surface area contributed by atoms with Crippen molar-refractivity contribution in [1.82, 2.24) is 25.3 Å². The van der Waals surface area contributed by atoms with Crippen molar-refractivity contribution in [2.24, 2.45) is 0 Å². The minimum Gasteiger partial charge on any atom is -0.383 e. The molecule has 0 fully saturated rings. The molecule has 0 radical (unpaired) electrons. The van der Waals surface area contributed by atoms with E-state index in [1.165, 1.54) is 47.3 Å². The fourth-order valence-electron chi connectivity index (χ4n) is 3.64. The molecule has 0 aliphatic carbocycles. The lowest BCUT2D eigenvalue weighted by atomic mass is 10.0. The number of benzene rings is 2. The maximum absolute atomic E-state index is 14.2. The van der Waals surface area contributed by atoms with Gasteiger partial charge in [-0.1, -0.05) is 23.4 Å². The average Bonchev–Trinajstić information content (AvgIpc) is 3.25. The van der Waals surface area contributed by atoms with E-state index in [2.05, 4.69) is 20.6 Å². The van der Waals surface area contributed by atoms with Crippen LogP contribution in [-0.2, 0) is 20.9 Å². The second kappa shape index (κ2) is 10.6. The van der Waals surface area contributed by atoms with Gasteiger partial charge in [-0.2, -0.15) is 0 Å². The molecule has 0 spiro atoms. The summed E-state index contributed by atoms with van der Waals surface area (Å²) in [5.74, 6) is -1.44. The predicted molar refractivity (Wildman–Crippen MR) is 123 cm³/mol. The molecule has 2 aromatic carbocycles. The molecule has 4 rings (SSSR count). The number of aromatic nitrogens is 4. The van der Waals surface area contributed by atoms with Crippen molar-refractivity contribution < 1.29 is 18.7 Å². The molecular formula is C24H23FN6O3. The number of rotatable bonds is 9. The SMILES string of the molecule is COCCNC(=O)[C@H](c1ccncc1)N(C(=O)Cn1nnc2ccccc21)c1cccc(F)c1. The second-order valence-electron chi connectivity index (χ2n) is 7.45. The van der Waals surface area contributed by atoms with E-state index in [4.69, 9.17) is 4.74 Å². The number of pyridine rings is 1. The lowest BCUT2D eigenvalue weighted by Crippen LogP contribution is -2.46. The third-order valence-corrected chi connectivity index (χ3v) is 5.19. The van der Waals surface area contributed by atoms with Crippen LogP contribution in [-0.4, -0.2) is 52.1 Å². The molecule has 0 saturated carbocycles. The van der Waals surface area contributed by atoms with Crippen LogP contribution < -0.4 is 10.2 Å². The first kappa shape index (κ1) is 23.0. The summed E-state index contributed by atoms with van der Waals surface area (Å²) in [4.78, 5) is 32.3. The summed E-state index contributed by atoms with van der Waals surface area (Å²) in [7, 11) is 1.53. The monoisotopic (exact) mass is 462 g/mol. The van der Waals surface area contributed by atoms with E-state index < -0.39 is 23.7 Å². The lowest BCUT2D eigenvalue weighted by molar-refractivity contribution is -0.127. The minimum absolute atomic E-state index is 0.204. The zero-order valence-corrected chi connectivity index (χ0v) is 18.5. The fourth-order valence-corrected chi connectivity index (χ4v) is 3.64. The molecule has 2 aromatic heterocycles. The van der Waals surface area contributed by atoms with Gasteiger partial charge in [0, 0.05) is 31.7 Å². The quantitative estimate of drug-likeness (QED) is 0.384. The molecule has 2 heterocycles. The van der Waals surface area contributed by atoms with Crippen LogP contribution in [0, 0.1) is 5.82 Å². The number of nitrogens with zero attached hydrogens (tertiary/aromatic N) is 5. The van der Waals surface area contributed by atoms with Gasteiger partial charge in [-0.25, -0.2) is 9.07 Å². The van der Waals surface area contributed by atoms with Crippen LogP contribution in [0.4, 0.5) is 10.1 Å². The highest BCUT2D eigenvalue weighted by Gasteiger charge is 2.33. The number of hydrogen-bond donors (Lipinski definition) is 1. The van der Waals surface area contributed by atoms with Gasteiger partial charge in [-0.3, -0.25) is 19.5 Å². The van der Waals surface area contributed by atoms with Crippen molar-refractivity contribution >= 4 is 28.5 Å². The first-order chi connectivity index (χ1) is 16.6. The van der Waals surface area contributed by atoms with E-state index in [-0.39, 0.29) is 18.8 Å². The molecule has 1 N–H and O–H groups in total. The zero-order chi connectivity index (χ0) is 23.9.